The van der Waals surface area contributed by atoms with Crippen LogP contribution in [0, 0.1) is 0 Å². The quantitative estimate of drug-likeness (QED) is 0.656. The van der Waals surface area contributed by atoms with Gasteiger partial charge in [-0.2, -0.15) is 0 Å². The molecule has 2 rings (SSSR count). The summed E-state index contributed by atoms with van der Waals surface area (Å²) in [5, 5.41) is 2.56. The van der Waals surface area contributed by atoms with Crippen molar-refractivity contribution in [3.63, 3.8) is 0 Å². The predicted octanol–water partition coefficient (Wildman–Crippen LogP) is 3.72. The molecule has 0 aliphatic carbocycles. The molecule has 0 bridgehead atoms. The predicted molar refractivity (Wildman–Crippen MR) is 89.1 cm³/mol. The van der Waals surface area contributed by atoms with Crippen molar-refractivity contribution in [2.45, 2.75) is 13.8 Å². The van der Waals surface area contributed by atoms with Crippen LogP contribution in [0.3, 0.4) is 0 Å². The smallest absolute Gasteiger partial charge is 0.0641 e. The first kappa shape index (κ1) is 15.8. The molecule has 3 heteroatoms. The largest absolute Gasteiger partial charge is 0.380 e. The molecule has 0 N–H and O–H groups in total. The Kier molecular flexibility index (Phi) is 6.51. The van der Waals surface area contributed by atoms with E-state index < -0.39 is 0 Å². The van der Waals surface area contributed by atoms with Crippen molar-refractivity contribution in [2.24, 2.45) is 0 Å². The van der Waals surface area contributed by atoms with Crippen molar-refractivity contribution >= 4 is 16.5 Å². The van der Waals surface area contributed by atoms with Crippen LogP contribution in [-0.2, 0) is 9.47 Å². The fourth-order valence-corrected chi connectivity index (χ4v) is 2.47. The number of rotatable bonds is 9. The summed E-state index contributed by atoms with van der Waals surface area (Å²) in [5.41, 5.74) is 1.26. The Bertz CT molecular complexity index is 526. The number of hydrogen-bond acceptors (Lipinski definition) is 3. The summed E-state index contributed by atoms with van der Waals surface area (Å²) in [6.07, 6.45) is 0. The number of nitrogens with zero attached hydrogens (tertiary/aromatic N) is 1. The summed E-state index contributed by atoms with van der Waals surface area (Å²) in [5.74, 6) is 0. The Labute approximate surface area is 127 Å². The van der Waals surface area contributed by atoms with Gasteiger partial charge in [0.15, 0.2) is 0 Å². The van der Waals surface area contributed by atoms with Gasteiger partial charge in [-0.3, -0.25) is 0 Å². The van der Waals surface area contributed by atoms with Gasteiger partial charge in [0, 0.05) is 37.4 Å². The molecule has 0 saturated heterocycles. The van der Waals surface area contributed by atoms with Crippen LogP contribution >= 0.6 is 0 Å². The zero-order valence-electron chi connectivity index (χ0n) is 13.0. The molecule has 0 fully saturated rings. The van der Waals surface area contributed by atoms with E-state index >= 15 is 0 Å². The van der Waals surface area contributed by atoms with Gasteiger partial charge in [0.2, 0.25) is 0 Å². The maximum absolute atomic E-state index is 5.52. The summed E-state index contributed by atoms with van der Waals surface area (Å²) >= 11 is 0. The summed E-state index contributed by atoms with van der Waals surface area (Å²) in [7, 11) is 0. The molecule has 2 aromatic carbocycles. The highest BCUT2D eigenvalue weighted by molar-refractivity contribution is 5.94. The molecule has 0 amide bonds. The van der Waals surface area contributed by atoms with Gasteiger partial charge >= 0.3 is 0 Å². The number of benzene rings is 2. The number of anilines is 1. The third kappa shape index (κ3) is 4.45. The molecule has 0 radical (unpaired) electrons. The van der Waals surface area contributed by atoms with Crippen molar-refractivity contribution in [2.75, 3.05) is 44.4 Å². The first-order chi connectivity index (χ1) is 10.4. The van der Waals surface area contributed by atoms with E-state index in [-0.39, 0.29) is 0 Å². The van der Waals surface area contributed by atoms with E-state index in [1.54, 1.807) is 0 Å². The van der Waals surface area contributed by atoms with E-state index in [2.05, 4.69) is 47.4 Å². The summed E-state index contributed by atoms with van der Waals surface area (Å²) < 4.78 is 11.0. The van der Waals surface area contributed by atoms with Crippen LogP contribution in [0.1, 0.15) is 13.8 Å². The van der Waals surface area contributed by atoms with Gasteiger partial charge in [0.05, 0.1) is 13.2 Å². The van der Waals surface area contributed by atoms with Crippen molar-refractivity contribution in [3.05, 3.63) is 42.5 Å². The average Bonchev–Trinajstić information content (AvgIpc) is 2.53. The molecule has 0 atom stereocenters. The SMILES string of the molecule is CCOCCN(CCOCC)c1cccc2ccccc12. The standard InChI is InChI=1S/C18H25NO2/c1-3-20-14-12-19(13-15-21-4-2)18-11-7-9-16-8-5-6-10-17(16)18/h5-11H,3-4,12-15H2,1-2H3. The Hall–Kier alpha value is -1.58. The highest BCUT2D eigenvalue weighted by Crippen LogP contribution is 2.26. The first-order valence-electron chi connectivity index (χ1n) is 7.75. The molecule has 0 saturated carbocycles. The van der Waals surface area contributed by atoms with E-state index in [0.29, 0.717) is 0 Å². The number of fused-ring (bicyclic) bond motifs is 1. The molecule has 2 aromatic rings. The minimum Gasteiger partial charge on any atom is -0.380 e. The van der Waals surface area contributed by atoms with Gasteiger partial charge in [0.25, 0.3) is 0 Å². The summed E-state index contributed by atoms with van der Waals surface area (Å²) in [4.78, 5) is 2.35. The Morgan fingerprint density at radius 2 is 1.43 bits per heavy atom. The first-order valence-corrected chi connectivity index (χ1v) is 7.75. The molecule has 0 aromatic heterocycles. The second kappa shape index (κ2) is 8.65. The van der Waals surface area contributed by atoms with E-state index in [1.807, 2.05) is 13.8 Å². The van der Waals surface area contributed by atoms with E-state index in [9.17, 15) is 0 Å². The van der Waals surface area contributed by atoms with Gasteiger partial charge in [-0.05, 0) is 25.3 Å². The average molecular weight is 287 g/mol. The molecule has 0 aliphatic heterocycles. The summed E-state index contributed by atoms with van der Waals surface area (Å²) in [6.45, 7) is 8.83. The maximum Gasteiger partial charge on any atom is 0.0641 e. The topological polar surface area (TPSA) is 21.7 Å². The molecule has 114 valence electrons. The van der Waals surface area contributed by atoms with Crippen LogP contribution in [0.25, 0.3) is 10.8 Å². The third-order valence-corrected chi connectivity index (χ3v) is 3.53. The highest BCUT2D eigenvalue weighted by Gasteiger charge is 2.09. The normalized spacial score (nSPS) is 11.0. The molecule has 21 heavy (non-hydrogen) atoms. The Morgan fingerprint density at radius 3 is 2.10 bits per heavy atom. The lowest BCUT2D eigenvalue weighted by atomic mass is 10.1. The van der Waals surface area contributed by atoms with Crippen LogP contribution in [-0.4, -0.2) is 39.5 Å². The molecule has 0 spiro atoms. The van der Waals surface area contributed by atoms with E-state index in [4.69, 9.17) is 9.47 Å². The minimum absolute atomic E-state index is 0.742. The van der Waals surface area contributed by atoms with Crippen LogP contribution in [0.5, 0.6) is 0 Å². The third-order valence-electron chi connectivity index (χ3n) is 3.53. The molecular formula is C18H25NO2. The monoisotopic (exact) mass is 287 g/mol. The lowest BCUT2D eigenvalue weighted by Crippen LogP contribution is -2.31. The lowest BCUT2D eigenvalue weighted by Gasteiger charge is -2.26. The van der Waals surface area contributed by atoms with Crippen molar-refractivity contribution in [3.8, 4) is 0 Å². The van der Waals surface area contributed by atoms with Crippen molar-refractivity contribution in [1.82, 2.24) is 0 Å². The second-order valence-electron chi connectivity index (χ2n) is 4.88. The van der Waals surface area contributed by atoms with Gasteiger partial charge in [-0.15, -0.1) is 0 Å². The maximum atomic E-state index is 5.52. The molecule has 0 heterocycles. The van der Waals surface area contributed by atoms with Crippen molar-refractivity contribution < 1.29 is 9.47 Å². The number of ether oxygens (including phenoxy) is 2. The van der Waals surface area contributed by atoms with E-state index in [1.165, 1.54) is 16.5 Å². The van der Waals surface area contributed by atoms with Crippen LogP contribution in [0.2, 0.25) is 0 Å². The van der Waals surface area contributed by atoms with Gasteiger partial charge in [0.1, 0.15) is 0 Å². The second-order valence-corrected chi connectivity index (χ2v) is 4.88. The lowest BCUT2D eigenvalue weighted by molar-refractivity contribution is 0.141. The van der Waals surface area contributed by atoms with E-state index in [0.717, 1.165) is 39.5 Å². The molecule has 0 aliphatic rings. The van der Waals surface area contributed by atoms with Crippen LogP contribution in [0.15, 0.2) is 42.5 Å². The zero-order valence-corrected chi connectivity index (χ0v) is 13.0. The van der Waals surface area contributed by atoms with Crippen LogP contribution < -0.4 is 4.90 Å². The highest BCUT2D eigenvalue weighted by atomic mass is 16.5. The number of hydrogen-bond donors (Lipinski definition) is 0. The fourth-order valence-electron chi connectivity index (χ4n) is 2.47. The Morgan fingerprint density at radius 1 is 0.810 bits per heavy atom. The molecule has 0 unspecified atom stereocenters. The van der Waals surface area contributed by atoms with Crippen LogP contribution in [0.4, 0.5) is 5.69 Å². The van der Waals surface area contributed by atoms with Gasteiger partial charge in [-0.25, -0.2) is 0 Å². The fraction of sp³-hybridized carbons (Fsp3) is 0.444. The Balaban J connectivity index is 2.19. The minimum atomic E-state index is 0.742. The van der Waals surface area contributed by atoms with Gasteiger partial charge in [-0.1, -0.05) is 36.4 Å². The van der Waals surface area contributed by atoms with Gasteiger partial charge < -0.3 is 14.4 Å². The molecule has 3 nitrogen and oxygen atoms in total. The molecular weight excluding hydrogens is 262 g/mol. The zero-order chi connectivity index (χ0) is 14.9. The summed E-state index contributed by atoms with van der Waals surface area (Å²) in [6, 6.07) is 15.0. The van der Waals surface area contributed by atoms with Crippen molar-refractivity contribution in [1.29, 1.82) is 0 Å².